The summed E-state index contributed by atoms with van der Waals surface area (Å²) >= 11 is 0. The van der Waals surface area contributed by atoms with E-state index in [1.807, 2.05) is 0 Å². The molecule has 194 valence electrons. The van der Waals surface area contributed by atoms with Crippen LogP contribution in [0.3, 0.4) is 0 Å². The highest BCUT2D eigenvalue weighted by Crippen LogP contribution is 2.47. The molecule has 2 aliphatic rings. The summed E-state index contributed by atoms with van der Waals surface area (Å²) in [4.78, 5) is -3.81. The second kappa shape index (κ2) is 9.07. The molecule has 2 aromatic rings. The molecule has 0 amide bonds. The van der Waals surface area contributed by atoms with Crippen LogP contribution < -0.4 is 0 Å². The van der Waals surface area contributed by atoms with Crippen molar-refractivity contribution in [3.05, 3.63) is 47.5 Å². The Bertz CT molecular complexity index is 1330. The van der Waals surface area contributed by atoms with Crippen LogP contribution in [-0.4, -0.2) is 59.0 Å². The van der Waals surface area contributed by atoms with Gasteiger partial charge in [0.1, 0.15) is 0 Å². The quantitative estimate of drug-likeness (QED) is 0.340. The van der Waals surface area contributed by atoms with Gasteiger partial charge in [0.2, 0.25) is 0 Å². The summed E-state index contributed by atoms with van der Waals surface area (Å²) < 4.78 is 127. The number of rotatable bonds is 3. The van der Waals surface area contributed by atoms with Crippen molar-refractivity contribution < 1.29 is 47.7 Å². The van der Waals surface area contributed by atoms with Crippen LogP contribution in [0.25, 0.3) is 11.1 Å². The summed E-state index contributed by atoms with van der Waals surface area (Å²) in [7, 11) is -10.4. The standard InChI is InChI=1S/C15H8F6O4S2.C7H16N/c16-14(17,18)26(22,23)12-6-5-10-9-4-2-1-3-8(9)7-11(10)13(12)27(24,25)15(19,20)21;1-3-8(2)6-4-5-7-8/h1-6H,7H2;3-7H2,1-2H3/q;+1. The molecule has 0 unspecified atom stereocenters. The van der Waals surface area contributed by atoms with Gasteiger partial charge in [-0.25, -0.2) is 16.8 Å². The lowest BCUT2D eigenvalue weighted by molar-refractivity contribution is -0.895. The van der Waals surface area contributed by atoms with E-state index in [1.165, 1.54) is 61.2 Å². The third-order valence-electron chi connectivity index (χ3n) is 6.48. The fourth-order valence-corrected chi connectivity index (χ4v) is 6.92. The first-order valence-corrected chi connectivity index (χ1v) is 13.6. The molecular weight excluding hydrogens is 520 g/mol. The molecule has 1 aliphatic carbocycles. The van der Waals surface area contributed by atoms with Gasteiger partial charge in [-0.15, -0.1) is 0 Å². The van der Waals surface area contributed by atoms with Gasteiger partial charge in [-0.2, -0.15) is 26.3 Å². The summed E-state index contributed by atoms with van der Waals surface area (Å²) in [6.07, 6.45) is 2.45. The molecule has 35 heavy (non-hydrogen) atoms. The summed E-state index contributed by atoms with van der Waals surface area (Å²) in [5.74, 6) is 0. The zero-order valence-corrected chi connectivity index (χ0v) is 20.5. The molecule has 0 saturated carbocycles. The van der Waals surface area contributed by atoms with Gasteiger partial charge in [-0.3, -0.25) is 0 Å². The van der Waals surface area contributed by atoms with Crippen molar-refractivity contribution in [1.29, 1.82) is 0 Å². The molecule has 0 atom stereocenters. The Morgan fingerprint density at radius 1 is 0.800 bits per heavy atom. The number of fused-ring (bicyclic) bond motifs is 3. The lowest BCUT2D eigenvalue weighted by atomic mass is 10.1. The molecule has 5 nitrogen and oxygen atoms in total. The summed E-state index contributed by atoms with van der Waals surface area (Å²) in [5.41, 5.74) is -11.9. The molecule has 4 rings (SSSR count). The Labute approximate surface area is 199 Å². The van der Waals surface area contributed by atoms with E-state index in [2.05, 4.69) is 14.0 Å². The van der Waals surface area contributed by atoms with E-state index in [-0.39, 0.29) is 11.6 Å². The van der Waals surface area contributed by atoms with Crippen LogP contribution in [0.2, 0.25) is 0 Å². The molecular formula is C22H24F6NO4S2+. The van der Waals surface area contributed by atoms with Crippen molar-refractivity contribution in [3.63, 3.8) is 0 Å². The second-order valence-corrected chi connectivity index (χ2v) is 12.5. The number of likely N-dealkylation sites (tertiary alicyclic amines) is 1. The average Bonchev–Trinajstić information content (AvgIpc) is 3.35. The Morgan fingerprint density at radius 3 is 1.83 bits per heavy atom. The number of benzene rings is 2. The first kappa shape index (κ1) is 27.5. The van der Waals surface area contributed by atoms with Crippen molar-refractivity contribution in [3.8, 4) is 11.1 Å². The predicted octanol–water partition coefficient (Wildman–Crippen LogP) is 5.09. The molecule has 1 saturated heterocycles. The summed E-state index contributed by atoms with van der Waals surface area (Å²) in [5, 5.41) is 0. The average molecular weight is 545 g/mol. The third-order valence-corrected chi connectivity index (χ3v) is 9.75. The van der Waals surface area contributed by atoms with Gasteiger partial charge >= 0.3 is 11.0 Å². The highest BCUT2D eigenvalue weighted by atomic mass is 32.2. The van der Waals surface area contributed by atoms with Gasteiger partial charge in [0, 0.05) is 19.3 Å². The van der Waals surface area contributed by atoms with Crippen molar-refractivity contribution in [2.24, 2.45) is 0 Å². The van der Waals surface area contributed by atoms with Crippen LogP contribution in [0.5, 0.6) is 0 Å². The van der Waals surface area contributed by atoms with Crippen LogP contribution in [0, 0.1) is 0 Å². The molecule has 13 heteroatoms. The smallest absolute Gasteiger partial charge is 0.326 e. The summed E-state index contributed by atoms with van der Waals surface area (Å²) in [6.45, 7) is 6.43. The topological polar surface area (TPSA) is 68.3 Å². The molecule has 0 N–H and O–H groups in total. The largest absolute Gasteiger partial charge is 0.501 e. The van der Waals surface area contributed by atoms with Gasteiger partial charge in [0.25, 0.3) is 19.7 Å². The maximum atomic E-state index is 13.1. The van der Waals surface area contributed by atoms with E-state index in [9.17, 15) is 43.2 Å². The van der Waals surface area contributed by atoms with E-state index in [4.69, 9.17) is 0 Å². The van der Waals surface area contributed by atoms with Crippen molar-refractivity contribution in [2.75, 3.05) is 26.7 Å². The number of halogens is 6. The fraction of sp³-hybridized carbons (Fsp3) is 0.455. The van der Waals surface area contributed by atoms with Crippen molar-refractivity contribution in [2.45, 2.75) is 47.0 Å². The number of hydrogen-bond acceptors (Lipinski definition) is 4. The highest BCUT2D eigenvalue weighted by molar-refractivity contribution is 7.95. The Hall–Kier alpha value is -2.12. The van der Waals surface area contributed by atoms with E-state index < -0.39 is 52.5 Å². The number of alkyl halides is 6. The van der Waals surface area contributed by atoms with Gasteiger partial charge < -0.3 is 4.48 Å². The fourth-order valence-electron chi connectivity index (χ4n) is 4.32. The Balaban J connectivity index is 0.000000363. The van der Waals surface area contributed by atoms with Crippen molar-refractivity contribution in [1.82, 2.24) is 0 Å². The number of sulfone groups is 2. The monoisotopic (exact) mass is 544 g/mol. The lowest BCUT2D eigenvalue weighted by Gasteiger charge is -2.26. The number of quaternary nitrogens is 1. The minimum atomic E-state index is -6.37. The van der Waals surface area contributed by atoms with Crippen molar-refractivity contribution >= 4 is 19.7 Å². The Kier molecular flexibility index (Phi) is 7.12. The zero-order chi connectivity index (χ0) is 26.4. The molecule has 0 bridgehead atoms. The van der Waals surface area contributed by atoms with Crippen LogP contribution in [-0.2, 0) is 26.1 Å². The number of nitrogens with zero attached hydrogens (tertiary/aromatic N) is 1. The zero-order valence-electron chi connectivity index (χ0n) is 18.9. The first-order valence-electron chi connectivity index (χ1n) is 10.7. The molecule has 2 aromatic carbocycles. The van der Waals surface area contributed by atoms with Crippen LogP contribution in [0.4, 0.5) is 26.3 Å². The van der Waals surface area contributed by atoms with E-state index in [0.717, 1.165) is 6.07 Å². The molecule has 1 fully saturated rings. The van der Waals surface area contributed by atoms with Crippen LogP contribution in [0.15, 0.2) is 46.2 Å². The minimum absolute atomic E-state index is 0.0606. The highest BCUT2D eigenvalue weighted by Gasteiger charge is 2.55. The number of hydrogen-bond donors (Lipinski definition) is 0. The van der Waals surface area contributed by atoms with E-state index >= 15 is 0 Å². The predicted molar refractivity (Wildman–Crippen MR) is 117 cm³/mol. The maximum Gasteiger partial charge on any atom is 0.501 e. The van der Waals surface area contributed by atoms with E-state index in [1.54, 1.807) is 0 Å². The van der Waals surface area contributed by atoms with E-state index in [0.29, 0.717) is 11.1 Å². The molecule has 0 spiro atoms. The maximum absolute atomic E-state index is 13.1. The normalized spacial score (nSPS) is 17.4. The van der Waals surface area contributed by atoms with Crippen LogP contribution in [0.1, 0.15) is 30.9 Å². The molecule has 0 aromatic heterocycles. The SMILES string of the molecule is CC[N+]1(C)CCCC1.O=S(=O)(c1ccc2c(c1S(=O)(=O)C(F)(F)F)Cc1ccccc1-2)C(F)(F)F. The molecule has 1 heterocycles. The van der Waals surface area contributed by atoms with Gasteiger partial charge in [0.05, 0.1) is 36.5 Å². The first-order chi connectivity index (χ1) is 16.0. The Morgan fingerprint density at radius 2 is 1.34 bits per heavy atom. The van der Waals surface area contributed by atoms with Gasteiger partial charge in [-0.05, 0) is 35.2 Å². The second-order valence-electron chi connectivity index (χ2n) is 8.74. The lowest BCUT2D eigenvalue weighted by Crippen LogP contribution is -2.40. The molecule has 1 aliphatic heterocycles. The van der Waals surface area contributed by atoms with Gasteiger partial charge in [0.15, 0.2) is 0 Å². The van der Waals surface area contributed by atoms with Gasteiger partial charge in [-0.1, -0.05) is 30.3 Å². The molecule has 0 radical (unpaired) electrons. The third kappa shape index (κ3) is 4.94. The van der Waals surface area contributed by atoms with Crippen LogP contribution >= 0.6 is 0 Å². The summed E-state index contributed by atoms with van der Waals surface area (Å²) in [6, 6.07) is 7.06. The minimum Gasteiger partial charge on any atom is -0.326 e.